The van der Waals surface area contributed by atoms with E-state index in [1.54, 1.807) is 12.1 Å². The van der Waals surface area contributed by atoms with E-state index in [9.17, 15) is 13.2 Å². The molecule has 1 amide bonds. The maximum absolute atomic E-state index is 12.3. The summed E-state index contributed by atoms with van der Waals surface area (Å²) in [6.07, 6.45) is 1.46. The zero-order chi connectivity index (χ0) is 17.9. The third-order valence-electron chi connectivity index (χ3n) is 3.37. The number of pyridine rings is 1. The van der Waals surface area contributed by atoms with Crippen molar-refractivity contribution < 1.29 is 17.9 Å². The molecule has 0 saturated carbocycles. The van der Waals surface area contributed by atoms with Crippen molar-refractivity contribution in [1.82, 2.24) is 9.29 Å². The van der Waals surface area contributed by atoms with E-state index in [-0.39, 0.29) is 10.6 Å². The first kappa shape index (κ1) is 17.9. The van der Waals surface area contributed by atoms with Crippen molar-refractivity contribution in [2.24, 2.45) is 0 Å². The van der Waals surface area contributed by atoms with Crippen LogP contribution in [0, 0.1) is 6.92 Å². The number of aromatic nitrogens is 1. The van der Waals surface area contributed by atoms with Gasteiger partial charge in [-0.2, -0.15) is 0 Å². The van der Waals surface area contributed by atoms with Gasteiger partial charge in [0.25, 0.3) is 5.91 Å². The van der Waals surface area contributed by atoms with E-state index in [4.69, 9.17) is 4.74 Å². The Balaban J connectivity index is 2.38. The first-order chi connectivity index (χ1) is 11.3. The van der Waals surface area contributed by atoms with E-state index < -0.39 is 15.9 Å². The van der Waals surface area contributed by atoms with Crippen LogP contribution in [0.3, 0.4) is 0 Å². The summed E-state index contributed by atoms with van der Waals surface area (Å²) in [4.78, 5) is 16.5. The molecule has 0 saturated heterocycles. The Morgan fingerprint density at radius 2 is 1.92 bits per heavy atom. The number of benzene rings is 1. The molecule has 1 N–H and O–H groups in total. The summed E-state index contributed by atoms with van der Waals surface area (Å²) in [5.74, 6) is -0.0404. The fraction of sp³-hybridized carbons (Fsp3) is 0.250. The minimum Gasteiger partial charge on any atom is -0.495 e. The molecule has 0 spiro atoms. The number of nitrogens with one attached hydrogen (secondary N) is 1. The van der Waals surface area contributed by atoms with Gasteiger partial charge in [0.1, 0.15) is 5.75 Å². The molecule has 24 heavy (non-hydrogen) atoms. The van der Waals surface area contributed by atoms with Gasteiger partial charge >= 0.3 is 0 Å². The van der Waals surface area contributed by atoms with Crippen molar-refractivity contribution in [2.45, 2.75) is 11.8 Å². The molecule has 128 valence electrons. The quantitative estimate of drug-likeness (QED) is 0.891. The van der Waals surface area contributed by atoms with Crippen LogP contribution < -0.4 is 10.1 Å². The number of nitrogens with zero attached hydrogens (tertiary/aromatic N) is 2. The van der Waals surface area contributed by atoms with Crippen LogP contribution in [0.15, 0.2) is 41.4 Å². The second-order valence-corrected chi connectivity index (χ2v) is 7.44. The van der Waals surface area contributed by atoms with Crippen molar-refractivity contribution >= 4 is 21.6 Å². The lowest BCUT2D eigenvalue weighted by molar-refractivity contribution is 0.102. The highest BCUT2D eigenvalue weighted by Crippen LogP contribution is 2.28. The number of rotatable bonds is 5. The van der Waals surface area contributed by atoms with Gasteiger partial charge < -0.3 is 10.1 Å². The van der Waals surface area contributed by atoms with Crippen LogP contribution in [0.2, 0.25) is 0 Å². The highest BCUT2D eigenvalue weighted by atomic mass is 32.2. The molecule has 7 nitrogen and oxygen atoms in total. The Labute approximate surface area is 141 Å². The van der Waals surface area contributed by atoms with Crippen LogP contribution in [0.4, 0.5) is 5.69 Å². The number of carbonyl (C=O) groups is 1. The van der Waals surface area contributed by atoms with E-state index >= 15 is 0 Å². The zero-order valence-corrected chi connectivity index (χ0v) is 14.7. The fourth-order valence-corrected chi connectivity index (χ4v) is 2.88. The molecule has 0 unspecified atom stereocenters. The lowest BCUT2D eigenvalue weighted by Gasteiger charge is -2.15. The van der Waals surface area contributed by atoms with Gasteiger partial charge in [0, 0.05) is 26.0 Å². The van der Waals surface area contributed by atoms with Gasteiger partial charge in [0.15, 0.2) is 0 Å². The highest BCUT2D eigenvalue weighted by Gasteiger charge is 2.20. The van der Waals surface area contributed by atoms with Crippen LogP contribution in [-0.2, 0) is 10.0 Å². The molecule has 1 aromatic carbocycles. The molecule has 0 radical (unpaired) electrons. The number of aryl methyl sites for hydroxylation is 1. The monoisotopic (exact) mass is 349 g/mol. The molecule has 0 aliphatic heterocycles. The second kappa shape index (κ2) is 6.98. The van der Waals surface area contributed by atoms with E-state index in [1.165, 1.54) is 45.6 Å². The number of amides is 1. The lowest BCUT2D eigenvalue weighted by Crippen LogP contribution is -2.22. The molecule has 1 heterocycles. The number of methoxy groups -OCH3 is 1. The van der Waals surface area contributed by atoms with Crippen molar-refractivity contribution in [3.8, 4) is 5.75 Å². The van der Waals surface area contributed by atoms with Gasteiger partial charge in [-0.3, -0.25) is 9.78 Å². The SMILES string of the molecule is COc1ccc(S(=O)(=O)N(C)C)cc1NC(=O)c1ccc(C)nc1. The summed E-state index contributed by atoms with van der Waals surface area (Å²) in [6, 6.07) is 7.66. The minimum absolute atomic E-state index is 0.0608. The molecular weight excluding hydrogens is 330 g/mol. The predicted octanol–water partition coefficient (Wildman–Crippen LogP) is 1.90. The van der Waals surface area contributed by atoms with Gasteiger partial charge in [-0.15, -0.1) is 0 Å². The molecular formula is C16H19N3O4S. The van der Waals surface area contributed by atoms with Crippen LogP contribution in [-0.4, -0.2) is 44.8 Å². The maximum Gasteiger partial charge on any atom is 0.257 e. The third kappa shape index (κ3) is 3.72. The number of hydrogen-bond donors (Lipinski definition) is 1. The summed E-state index contributed by atoms with van der Waals surface area (Å²) in [7, 11) is 0.707. The minimum atomic E-state index is -3.62. The zero-order valence-electron chi connectivity index (χ0n) is 13.9. The van der Waals surface area contributed by atoms with Crippen molar-refractivity contribution in [3.63, 3.8) is 0 Å². The summed E-state index contributed by atoms with van der Waals surface area (Å²) in [6.45, 7) is 1.82. The number of sulfonamides is 1. The molecule has 1 aromatic heterocycles. The second-order valence-electron chi connectivity index (χ2n) is 5.29. The average molecular weight is 349 g/mol. The molecule has 0 atom stereocenters. The van der Waals surface area contributed by atoms with Crippen molar-refractivity contribution in [3.05, 3.63) is 47.8 Å². The molecule has 0 bridgehead atoms. The highest BCUT2D eigenvalue weighted by molar-refractivity contribution is 7.89. The van der Waals surface area contributed by atoms with E-state index in [1.807, 2.05) is 6.92 Å². The van der Waals surface area contributed by atoms with E-state index in [0.717, 1.165) is 10.00 Å². The lowest BCUT2D eigenvalue weighted by atomic mass is 10.2. The maximum atomic E-state index is 12.3. The van der Waals surface area contributed by atoms with Crippen LogP contribution >= 0.6 is 0 Å². The van der Waals surface area contributed by atoms with Gasteiger partial charge in [-0.05, 0) is 37.3 Å². The number of carbonyl (C=O) groups excluding carboxylic acids is 1. The Kier molecular flexibility index (Phi) is 5.20. The number of ether oxygens (including phenoxy) is 1. The molecule has 2 rings (SSSR count). The Morgan fingerprint density at radius 3 is 2.46 bits per heavy atom. The average Bonchev–Trinajstić information content (AvgIpc) is 2.55. The summed E-state index contributed by atoms with van der Waals surface area (Å²) >= 11 is 0. The fourth-order valence-electron chi connectivity index (χ4n) is 1.95. The molecule has 2 aromatic rings. The number of hydrogen-bond acceptors (Lipinski definition) is 5. The summed E-state index contributed by atoms with van der Waals surface area (Å²) in [5, 5.41) is 2.66. The summed E-state index contributed by atoms with van der Waals surface area (Å²) in [5.41, 5.74) is 1.43. The van der Waals surface area contributed by atoms with Gasteiger partial charge in [-0.25, -0.2) is 12.7 Å². The van der Waals surface area contributed by atoms with E-state index in [0.29, 0.717) is 11.3 Å². The molecule has 0 aliphatic carbocycles. The molecule has 8 heteroatoms. The van der Waals surface area contributed by atoms with Gasteiger partial charge in [-0.1, -0.05) is 0 Å². The standard InChI is InChI=1S/C16H19N3O4S/c1-11-5-6-12(10-17-11)16(20)18-14-9-13(7-8-15(14)23-4)24(21,22)19(2)3/h5-10H,1-4H3,(H,18,20). The third-order valence-corrected chi connectivity index (χ3v) is 5.18. The Bertz CT molecular complexity index is 846. The first-order valence-corrected chi connectivity index (χ1v) is 8.54. The Morgan fingerprint density at radius 1 is 1.21 bits per heavy atom. The number of anilines is 1. The Hall–Kier alpha value is -2.45. The normalized spacial score (nSPS) is 11.4. The van der Waals surface area contributed by atoms with Crippen molar-refractivity contribution in [1.29, 1.82) is 0 Å². The van der Waals surface area contributed by atoms with Crippen LogP contribution in [0.25, 0.3) is 0 Å². The van der Waals surface area contributed by atoms with Gasteiger partial charge in [0.2, 0.25) is 10.0 Å². The molecule has 0 fully saturated rings. The predicted molar refractivity (Wildman–Crippen MR) is 90.8 cm³/mol. The molecule has 0 aliphatic rings. The van der Waals surface area contributed by atoms with Gasteiger partial charge in [0.05, 0.1) is 23.3 Å². The van der Waals surface area contributed by atoms with Crippen LogP contribution in [0.5, 0.6) is 5.75 Å². The van der Waals surface area contributed by atoms with E-state index in [2.05, 4.69) is 10.3 Å². The largest absolute Gasteiger partial charge is 0.495 e. The smallest absolute Gasteiger partial charge is 0.257 e. The van der Waals surface area contributed by atoms with Crippen LogP contribution in [0.1, 0.15) is 16.1 Å². The summed E-state index contributed by atoms with van der Waals surface area (Å²) < 4.78 is 30.8. The van der Waals surface area contributed by atoms with Crippen molar-refractivity contribution in [2.75, 3.05) is 26.5 Å². The first-order valence-electron chi connectivity index (χ1n) is 7.10. The topological polar surface area (TPSA) is 88.6 Å².